The fourth-order valence-corrected chi connectivity index (χ4v) is 3.01. The molecule has 0 atom stereocenters. The minimum Gasteiger partial charge on any atom is -0.349 e. The van der Waals surface area contributed by atoms with Gasteiger partial charge in [-0.05, 0) is 35.5 Å². The Morgan fingerprint density at radius 3 is 2.72 bits per heavy atom. The number of hydrogen-bond acceptors (Lipinski definition) is 5. The van der Waals surface area contributed by atoms with E-state index >= 15 is 0 Å². The molecule has 0 aliphatic heterocycles. The van der Waals surface area contributed by atoms with Crippen LogP contribution in [0, 0.1) is 0 Å². The van der Waals surface area contributed by atoms with Gasteiger partial charge in [0.15, 0.2) is 6.67 Å². The molecule has 2 heterocycles. The Kier molecular flexibility index (Phi) is 4.92. The molecule has 4 aromatic rings. The van der Waals surface area contributed by atoms with Gasteiger partial charge in [-0.15, -0.1) is 10.2 Å². The number of fused-ring (bicyclic) bond motifs is 1. The molecule has 11 heteroatoms. The van der Waals surface area contributed by atoms with E-state index in [1.54, 1.807) is 42.5 Å². The van der Waals surface area contributed by atoms with Gasteiger partial charge in [0.25, 0.3) is 11.8 Å². The van der Waals surface area contributed by atoms with Crippen molar-refractivity contribution >= 4 is 45.7 Å². The van der Waals surface area contributed by atoms with E-state index in [1.807, 2.05) is 0 Å². The summed E-state index contributed by atoms with van der Waals surface area (Å²) in [7, 11) is 0. The molecule has 2 aromatic carbocycles. The first kappa shape index (κ1) is 18.6. The van der Waals surface area contributed by atoms with Crippen LogP contribution in [0.1, 0.15) is 10.5 Å². The van der Waals surface area contributed by atoms with Crippen LogP contribution in [0.15, 0.2) is 42.5 Å². The molecule has 2 aromatic heterocycles. The lowest BCUT2D eigenvalue weighted by Gasteiger charge is -2.08. The van der Waals surface area contributed by atoms with Crippen LogP contribution in [-0.4, -0.2) is 44.1 Å². The van der Waals surface area contributed by atoms with Gasteiger partial charge in [0.2, 0.25) is 5.82 Å². The average Bonchev–Trinajstić information content (AvgIpc) is 3.39. The number of hydrogen-bond donors (Lipinski definition) is 4. The fourth-order valence-electron chi connectivity index (χ4n) is 2.84. The highest BCUT2D eigenvalue weighted by atomic mass is 35.5. The molecule has 0 aliphatic rings. The molecule has 0 radical (unpaired) electrons. The van der Waals surface area contributed by atoms with Crippen LogP contribution in [0.5, 0.6) is 0 Å². The monoisotopic (exact) mass is 413 g/mol. The van der Waals surface area contributed by atoms with Crippen molar-refractivity contribution in [3.05, 3.63) is 53.2 Å². The summed E-state index contributed by atoms with van der Waals surface area (Å²) in [6, 6.07) is 11.6. The van der Waals surface area contributed by atoms with E-state index in [1.165, 1.54) is 0 Å². The minimum atomic E-state index is -1.14. The lowest BCUT2D eigenvalue weighted by molar-refractivity contribution is -0.117. The smallest absolute Gasteiger partial charge is 0.272 e. The summed E-state index contributed by atoms with van der Waals surface area (Å²) in [6.45, 7) is -1.14. The maximum absolute atomic E-state index is 12.8. The van der Waals surface area contributed by atoms with Crippen LogP contribution >= 0.6 is 11.6 Å². The molecule has 9 nitrogen and oxygen atoms in total. The van der Waals surface area contributed by atoms with Gasteiger partial charge in [-0.1, -0.05) is 23.7 Å². The SMILES string of the molecule is O=C(CF)Nc1cccc2cc(C(=O)Nc3ccc(Cl)cc3-c3nn[nH]n3)[nH]c12. The largest absolute Gasteiger partial charge is 0.349 e. The molecule has 0 fully saturated rings. The first-order valence-electron chi connectivity index (χ1n) is 8.37. The summed E-state index contributed by atoms with van der Waals surface area (Å²) in [5.74, 6) is -0.935. The Hall–Kier alpha value is -3.79. The molecule has 146 valence electrons. The van der Waals surface area contributed by atoms with Crippen molar-refractivity contribution in [2.24, 2.45) is 0 Å². The van der Waals surface area contributed by atoms with Gasteiger partial charge in [0.05, 0.1) is 16.9 Å². The maximum Gasteiger partial charge on any atom is 0.272 e. The van der Waals surface area contributed by atoms with E-state index < -0.39 is 18.5 Å². The first-order chi connectivity index (χ1) is 14.0. The zero-order valence-electron chi connectivity index (χ0n) is 14.7. The van der Waals surface area contributed by atoms with E-state index in [0.29, 0.717) is 32.9 Å². The Labute approximate surface area is 167 Å². The van der Waals surface area contributed by atoms with Gasteiger partial charge in [-0.2, -0.15) is 5.21 Å². The average molecular weight is 414 g/mol. The zero-order valence-corrected chi connectivity index (χ0v) is 15.4. The molecule has 29 heavy (non-hydrogen) atoms. The lowest BCUT2D eigenvalue weighted by Crippen LogP contribution is -2.14. The third kappa shape index (κ3) is 3.78. The van der Waals surface area contributed by atoms with Crippen LogP contribution in [0.25, 0.3) is 22.3 Å². The zero-order chi connectivity index (χ0) is 20.4. The summed E-state index contributed by atoms with van der Waals surface area (Å²) in [6.07, 6.45) is 0. The summed E-state index contributed by atoms with van der Waals surface area (Å²) in [5.41, 5.74) is 2.06. The molecular weight excluding hydrogens is 401 g/mol. The van der Waals surface area contributed by atoms with Crippen LogP contribution in [0.4, 0.5) is 15.8 Å². The van der Waals surface area contributed by atoms with Crippen LogP contribution in [0.3, 0.4) is 0 Å². The van der Waals surface area contributed by atoms with Crippen molar-refractivity contribution in [1.82, 2.24) is 25.6 Å². The predicted molar refractivity (Wildman–Crippen MR) is 105 cm³/mol. The molecule has 0 spiro atoms. The van der Waals surface area contributed by atoms with E-state index in [2.05, 4.69) is 36.2 Å². The Balaban J connectivity index is 1.65. The lowest BCUT2D eigenvalue weighted by atomic mass is 10.1. The maximum atomic E-state index is 12.8. The molecule has 0 saturated heterocycles. The molecule has 4 rings (SSSR count). The van der Waals surface area contributed by atoms with Gasteiger partial charge < -0.3 is 15.6 Å². The summed E-state index contributed by atoms with van der Waals surface area (Å²) >= 11 is 6.05. The molecular formula is C18H13ClFN7O2. The number of rotatable bonds is 5. The number of anilines is 2. The summed E-state index contributed by atoms with van der Waals surface area (Å²) in [5, 5.41) is 20.1. The van der Waals surface area contributed by atoms with E-state index in [-0.39, 0.29) is 11.5 Å². The predicted octanol–water partition coefficient (Wildman–Crippen LogP) is 3.16. The highest BCUT2D eigenvalue weighted by Crippen LogP contribution is 2.29. The van der Waals surface area contributed by atoms with Crippen molar-refractivity contribution in [2.45, 2.75) is 0 Å². The van der Waals surface area contributed by atoms with E-state index in [9.17, 15) is 14.0 Å². The van der Waals surface area contributed by atoms with Gasteiger partial charge in [-0.25, -0.2) is 4.39 Å². The van der Waals surface area contributed by atoms with Crippen molar-refractivity contribution in [2.75, 3.05) is 17.3 Å². The third-order valence-corrected chi connectivity index (χ3v) is 4.35. The number of benzene rings is 2. The highest BCUT2D eigenvalue weighted by molar-refractivity contribution is 6.31. The standard InChI is InChI=1S/C18H13ClFN7O2/c19-10-4-5-12(11(7-10)17-24-26-27-25-17)23-18(29)14-6-9-2-1-3-13(16(9)22-14)21-15(28)8-20/h1-7,22H,8H2,(H,21,28)(H,23,29)(H,24,25,26,27). The minimum absolute atomic E-state index is 0.246. The number of alkyl halides is 1. The topological polar surface area (TPSA) is 128 Å². The Bertz CT molecular complexity index is 1210. The molecule has 4 N–H and O–H groups in total. The second-order valence-electron chi connectivity index (χ2n) is 6.01. The van der Waals surface area contributed by atoms with Crippen LogP contribution in [0.2, 0.25) is 5.02 Å². The van der Waals surface area contributed by atoms with Gasteiger partial charge in [0, 0.05) is 16.0 Å². The highest BCUT2D eigenvalue weighted by Gasteiger charge is 2.16. The number of aromatic nitrogens is 5. The molecule has 2 amide bonds. The Morgan fingerprint density at radius 2 is 1.97 bits per heavy atom. The number of carbonyl (C=O) groups is 2. The summed E-state index contributed by atoms with van der Waals surface area (Å²) in [4.78, 5) is 27.1. The van der Waals surface area contributed by atoms with Gasteiger partial charge in [-0.3, -0.25) is 9.59 Å². The molecule has 0 aliphatic carbocycles. The number of carbonyl (C=O) groups excluding carboxylic acids is 2. The normalized spacial score (nSPS) is 10.8. The van der Waals surface area contributed by atoms with E-state index in [4.69, 9.17) is 11.6 Å². The Morgan fingerprint density at radius 1 is 1.10 bits per heavy atom. The number of para-hydroxylation sites is 1. The van der Waals surface area contributed by atoms with Gasteiger partial charge in [0.1, 0.15) is 5.69 Å². The number of halogens is 2. The number of amides is 2. The number of aromatic amines is 2. The van der Waals surface area contributed by atoms with Crippen molar-refractivity contribution < 1.29 is 14.0 Å². The first-order valence-corrected chi connectivity index (χ1v) is 8.75. The summed E-state index contributed by atoms with van der Waals surface area (Å²) < 4.78 is 12.5. The molecule has 0 unspecified atom stereocenters. The molecule has 0 bridgehead atoms. The van der Waals surface area contributed by atoms with Gasteiger partial charge >= 0.3 is 0 Å². The number of nitrogens with zero attached hydrogens (tertiary/aromatic N) is 3. The van der Waals surface area contributed by atoms with E-state index in [0.717, 1.165) is 0 Å². The van der Waals surface area contributed by atoms with Crippen molar-refractivity contribution in [1.29, 1.82) is 0 Å². The van der Waals surface area contributed by atoms with Crippen molar-refractivity contribution in [3.63, 3.8) is 0 Å². The molecule has 0 saturated carbocycles. The quantitative estimate of drug-likeness (QED) is 0.399. The number of tetrazole rings is 1. The number of H-pyrrole nitrogens is 2. The van der Waals surface area contributed by atoms with Crippen LogP contribution in [-0.2, 0) is 4.79 Å². The fraction of sp³-hybridized carbons (Fsp3) is 0.0556. The third-order valence-electron chi connectivity index (χ3n) is 4.11. The number of nitrogens with one attached hydrogen (secondary N) is 4. The van der Waals surface area contributed by atoms with Crippen LogP contribution < -0.4 is 10.6 Å². The van der Waals surface area contributed by atoms with Crippen molar-refractivity contribution in [3.8, 4) is 11.4 Å². The second-order valence-corrected chi connectivity index (χ2v) is 6.45. The second kappa shape index (κ2) is 7.68.